The van der Waals surface area contributed by atoms with Crippen molar-refractivity contribution in [3.05, 3.63) is 34.8 Å². The van der Waals surface area contributed by atoms with E-state index < -0.39 is 0 Å². The van der Waals surface area contributed by atoms with E-state index >= 15 is 0 Å². The lowest BCUT2D eigenvalue weighted by Crippen LogP contribution is -2.19. The molecule has 2 aromatic heterocycles. The Morgan fingerprint density at radius 3 is 2.89 bits per heavy atom. The molecule has 2 rings (SSSR count). The lowest BCUT2D eigenvalue weighted by Gasteiger charge is -2.14. The minimum absolute atomic E-state index is 0.338. The summed E-state index contributed by atoms with van der Waals surface area (Å²) in [6.07, 6.45) is 5.59. The summed E-state index contributed by atoms with van der Waals surface area (Å²) in [5.74, 6) is 1.65. The van der Waals surface area contributed by atoms with Gasteiger partial charge in [0.2, 0.25) is 0 Å². The fourth-order valence-electron chi connectivity index (χ4n) is 1.84. The Hall–Kier alpha value is -1.62. The molecule has 0 aliphatic heterocycles. The molecule has 0 saturated carbocycles. The van der Waals surface area contributed by atoms with Gasteiger partial charge in [0.15, 0.2) is 0 Å². The average Bonchev–Trinajstić information content (AvgIpc) is 2.89. The molecule has 0 saturated heterocycles. The van der Waals surface area contributed by atoms with Gasteiger partial charge in [-0.1, -0.05) is 6.92 Å². The maximum Gasteiger partial charge on any atom is 0.147 e. The van der Waals surface area contributed by atoms with Gasteiger partial charge in [-0.25, -0.2) is 4.98 Å². The standard InChI is InChI=1S/C14H20N4S/c1-3-5-16-13-8-15-9-14(18-13)17-11(2)7-12-4-6-19-10-12/h4,6,8-11H,3,5,7H2,1-2H3,(H2,16,17,18). The molecule has 0 amide bonds. The highest BCUT2D eigenvalue weighted by molar-refractivity contribution is 7.07. The van der Waals surface area contributed by atoms with Crippen molar-refractivity contribution >= 4 is 23.0 Å². The second kappa shape index (κ2) is 7.09. The van der Waals surface area contributed by atoms with Crippen molar-refractivity contribution in [2.75, 3.05) is 17.2 Å². The van der Waals surface area contributed by atoms with Gasteiger partial charge in [-0.3, -0.25) is 4.98 Å². The Kier molecular flexibility index (Phi) is 5.15. The molecule has 0 radical (unpaired) electrons. The lowest BCUT2D eigenvalue weighted by molar-refractivity contribution is 0.785. The van der Waals surface area contributed by atoms with Crippen LogP contribution in [0, 0.1) is 0 Å². The summed E-state index contributed by atoms with van der Waals surface area (Å²) in [6.45, 7) is 5.21. The maximum absolute atomic E-state index is 4.50. The van der Waals surface area contributed by atoms with Crippen LogP contribution in [0.1, 0.15) is 25.8 Å². The summed E-state index contributed by atoms with van der Waals surface area (Å²) in [7, 11) is 0. The van der Waals surface area contributed by atoms with Crippen molar-refractivity contribution in [1.29, 1.82) is 0 Å². The summed E-state index contributed by atoms with van der Waals surface area (Å²) in [4.78, 5) is 8.70. The topological polar surface area (TPSA) is 49.8 Å². The first-order valence-electron chi connectivity index (χ1n) is 6.61. The van der Waals surface area contributed by atoms with Crippen LogP contribution >= 0.6 is 11.3 Å². The number of thiophene rings is 1. The fraction of sp³-hybridized carbons (Fsp3) is 0.429. The third-order valence-corrected chi connectivity index (χ3v) is 3.44. The number of rotatable bonds is 7. The molecular formula is C14H20N4S. The molecule has 0 aromatic carbocycles. The molecule has 2 aromatic rings. The van der Waals surface area contributed by atoms with Crippen LogP contribution in [-0.4, -0.2) is 22.6 Å². The molecule has 0 fully saturated rings. The van der Waals surface area contributed by atoms with E-state index in [2.05, 4.69) is 51.3 Å². The molecule has 1 atom stereocenters. The van der Waals surface area contributed by atoms with E-state index in [1.807, 2.05) is 0 Å². The first-order valence-corrected chi connectivity index (χ1v) is 7.55. The van der Waals surface area contributed by atoms with E-state index in [4.69, 9.17) is 0 Å². The molecule has 0 aliphatic carbocycles. The van der Waals surface area contributed by atoms with Crippen molar-refractivity contribution in [2.24, 2.45) is 0 Å². The molecule has 2 heterocycles. The summed E-state index contributed by atoms with van der Waals surface area (Å²) in [5, 5.41) is 10.9. The number of hydrogen-bond acceptors (Lipinski definition) is 5. The van der Waals surface area contributed by atoms with Gasteiger partial charge in [-0.05, 0) is 42.2 Å². The zero-order chi connectivity index (χ0) is 13.5. The van der Waals surface area contributed by atoms with Gasteiger partial charge >= 0.3 is 0 Å². The van der Waals surface area contributed by atoms with Crippen molar-refractivity contribution in [1.82, 2.24) is 9.97 Å². The van der Waals surface area contributed by atoms with Crippen LogP contribution in [0.15, 0.2) is 29.2 Å². The number of nitrogens with zero attached hydrogens (tertiary/aromatic N) is 2. The van der Waals surface area contributed by atoms with Gasteiger partial charge < -0.3 is 10.6 Å². The van der Waals surface area contributed by atoms with Crippen LogP contribution < -0.4 is 10.6 Å². The molecule has 0 aliphatic rings. The third kappa shape index (κ3) is 4.52. The first kappa shape index (κ1) is 13.8. The Bertz CT molecular complexity index is 484. The van der Waals surface area contributed by atoms with Gasteiger partial charge in [0.1, 0.15) is 11.6 Å². The summed E-state index contributed by atoms with van der Waals surface area (Å²) in [6, 6.07) is 2.50. The van der Waals surface area contributed by atoms with E-state index in [9.17, 15) is 0 Å². The van der Waals surface area contributed by atoms with Crippen molar-refractivity contribution in [3.8, 4) is 0 Å². The summed E-state index contributed by atoms with van der Waals surface area (Å²) < 4.78 is 0. The molecule has 0 bridgehead atoms. The number of hydrogen-bond donors (Lipinski definition) is 2. The lowest BCUT2D eigenvalue weighted by atomic mass is 10.1. The van der Waals surface area contributed by atoms with Crippen molar-refractivity contribution < 1.29 is 0 Å². The maximum atomic E-state index is 4.50. The van der Waals surface area contributed by atoms with E-state index in [1.54, 1.807) is 23.7 Å². The third-order valence-electron chi connectivity index (χ3n) is 2.71. The van der Waals surface area contributed by atoms with Crippen LogP contribution in [0.4, 0.5) is 11.6 Å². The number of anilines is 2. The Morgan fingerprint density at radius 1 is 1.32 bits per heavy atom. The van der Waals surface area contributed by atoms with E-state index in [-0.39, 0.29) is 0 Å². The molecule has 0 spiro atoms. The Balaban J connectivity index is 1.90. The van der Waals surface area contributed by atoms with E-state index in [0.29, 0.717) is 6.04 Å². The van der Waals surface area contributed by atoms with Gasteiger partial charge in [-0.15, -0.1) is 0 Å². The fourth-order valence-corrected chi connectivity index (χ4v) is 2.52. The zero-order valence-corrected chi connectivity index (χ0v) is 12.2. The van der Waals surface area contributed by atoms with Gasteiger partial charge in [0.25, 0.3) is 0 Å². The van der Waals surface area contributed by atoms with Crippen molar-refractivity contribution in [2.45, 2.75) is 32.7 Å². The van der Waals surface area contributed by atoms with Crippen LogP contribution in [-0.2, 0) is 6.42 Å². The van der Waals surface area contributed by atoms with Gasteiger partial charge in [0, 0.05) is 12.6 Å². The molecule has 102 valence electrons. The zero-order valence-electron chi connectivity index (χ0n) is 11.4. The number of aromatic nitrogens is 2. The summed E-state index contributed by atoms with van der Waals surface area (Å²) in [5.41, 5.74) is 1.36. The molecular weight excluding hydrogens is 256 g/mol. The van der Waals surface area contributed by atoms with Crippen LogP contribution in [0.25, 0.3) is 0 Å². The first-order chi connectivity index (χ1) is 9.28. The SMILES string of the molecule is CCCNc1cncc(NC(C)Cc2ccsc2)n1. The predicted molar refractivity (Wildman–Crippen MR) is 81.9 cm³/mol. The molecule has 19 heavy (non-hydrogen) atoms. The number of nitrogens with one attached hydrogen (secondary N) is 2. The highest BCUT2D eigenvalue weighted by Crippen LogP contribution is 2.12. The highest BCUT2D eigenvalue weighted by Gasteiger charge is 2.05. The molecule has 1 unspecified atom stereocenters. The Labute approximate surface area is 118 Å². The van der Waals surface area contributed by atoms with Crippen LogP contribution in [0.2, 0.25) is 0 Å². The van der Waals surface area contributed by atoms with Gasteiger partial charge in [0.05, 0.1) is 12.4 Å². The Morgan fingerprint density at radius 2 is 2.16 bits per heavy atom. The van der Waals surface area contributed by atoms with E-state index in [0.717, 1.165) is 31.0 Å². The van der Waals surface area contributed by atoms with Crippen LogP contribution in [0.5, 0.6) is 0 Å². The quantitative estimate of drug-likeness (QED) is 0.813. The highest BCUT2D eigenvalue weighted by atomic mass is 32.1. The largest absolute Gasteiger partial charge is 0.369 e. The average molecular weight is 276 g/mol. The normalized spacial score (nSPS) is 12.1. The van der Waals surface area contributed by atoms with E-state index in [1.165, 1.54) is 5.56 Å². The van der Waals surface area contributed by atoms with Gasteiger partial charge in [-0.2, -0.15) is 11.3 Å². The smallest absolute Gasteiger partial charge is 0.147 e. The van der Waals surface area contributed by atoms with Crippen molar-refractivity contribution in [3.63, 3.8) is 0 Å². The predicted octanol–water partition coefficient (Wildman–Crippen LogP) is 3.40. The summed E-state index contributed by atoms with van der Waals surface area (Å²) >= 11 is 1.73. The molecule has 5 heteroatoms. The second-order valence-corrected chi connectivity index (χ2v) is 5.38. The minimum atomic E-state index is 0.338. The molecule has 4 nitrogen and oxygen atoms in total. The van der Waals surface area contributed by atoms with Crippen LogP contribution in [0.3, 0.4) is 0 Å². The second-order valence-electron chi connectivity index (χ2n) is 4.60. The monoisotopic (exact) mass is 276 g/mol. The molecule has 2 N–H and O–H groups in total. The minimum Gasteiger partial charge on any atom is -0.369 e.